The van der Waals surface area contributed by atoms with E-state index in [9.17, 15) is 17.8 Å². The van der Waals surface area contributed by atoms with Crippen LogP contribution in [0.4, 0.5) is 0 Å². The topological polar surface area (TPSA) is 152 Å². The lowest BCUT2D eigenvalue weighted by atomic mass is 10.1. The Morgan fingerprint density at radius 2 is 1.75 bits per heavy atom. The van der Waals surface area contributed by atoms with E-state index in [1.807, 2.05) is 6.07 Å². The van der Waals surface area contributed by atoms with Crippen LogP contribution in [0.15, 0.2) is 59.5 Å². The summed E-state index contributed by atoms with van der Waals surface area (Å²) < 4.78 is 53.8. The molecule has 3 N–H and O–H groups in total. The lowest BCUT2D eigenvalue weighted by molar-refractivity contribution is 0.0935. The standard InChI is InChI=1S/C23H29N4O7PS/c1-5-33-35(29,34-6-2)16(3)25-23(28)21-15-22(17-8-7-9-19(14-17)32-4)27(26-21)18-10-12-20(13-11-18)36(24,30)31/h7-16H,5-6H2,1-4H3,(H,25,28)(H2,24,30,31). The molecule has 0 saturated heterocycles. The Balaban J connectivity index is 2.04. The molecule has 0 aliphatic rings. The molecule has 0 saturated carbocycles. The van der Waals surface area contributed by atoms with E-state index in [4.69, 9.17) is 18.9 Å². The molecule has 3 rings (SSSR count). The van der Waals surface area contributed by atoms with E-state index >= 15 is 0 Å². The minimum absolute atomic E-state index is 0.0368. The van der Waals surface area contributed by atoms with Crippen LogP contribution in [-0.4, -0.2) is 50.2 Å². The van der Waals surface area contributed by atoms with Gasteiger partial charge in [0.15, 0.2) is 5.69 Å². The average molecular weight is 537 g/mol. The second-order valence-corrected chi connectivity index (χ2v) is 11.6. The molecule has 1 atom stereocenters. The number of amides is 1. The molecule has 11 nitrogen and oxygen atoms in total. The molecule has 13 heteroatoms. The summed E-state index contributed by atoms with van der Waals surface area (Å²) in [5.74, 6) is -0.922. The third-order valence-corrected chi connectivity index (χ3v) is 8.39. The molecule has 1 amide bonds. The maximum Gasteiger partial charge on any atom is 0.352 e. The number of nitrogens with two attached hydrogens (primary N) is 1. The number of ether oxygens (including phenoxy) is 1. The van der Waals surface area contributed by atoms with Crippen LogP contribution in [0.25, 0.3) is 16.9 Å². The van der Waals surface area contributed by atoms with Crippen molar-refractivity contribution < 1.29 is 31.6 Å². The summed E-state index contributed by atoms with van der Waals surface area (Å²) >= 11 is 0. The predicted molar refractivity (Wildman–Crippen MR) is 135 cm³/mol. The van der Waals surface area contributed by atoms with E-state index in [0.29, 0.717) is 22.7 Å². The van der Waals surface area contributed by atoms with Gasteiger partial charge in [0.25, 0.3) is 5.91 Å². The number of methoxy groups -OCH3 is 1. The van der Waals surface area contributed by atoms with Crippen LogP contribution in [0.5, 0.6) is 5.75 Å². The molecule has 0 spiro atoms. The van der Waals surface area contributed by atoms with E-state index in [1.165, 1.54) is 43.0 Å². The zero-order chi connectivity index (χ0) is 26.5. The van der Waals surface area contributed by atoms with Crippen molar-refractivity contribution in [2.24, 2.45) is 5.14 Å². The number of carbonyl (C=O) groups is 1. The van der Waals surface area contributed by atoms with Crippen molar-refractivity contribution in [3.8, 4) is 22.7 Å². The Morgan fingerprint density at radius 3 is 2.31 bits per heavy atom. The fourth-order valence-electron chi connectivity index (χ4n) is 3.42. The van der Waals surface area contributed by atoms with E-state index in [-0.39, 0.29) is 23.8 Å². The Morgan fingerprint density at radius 1 is 1.11 bits per heavy atom. The zero-order valence-corrected chi connectivity index (χ0v) is 22.1. The molecule has 0 aliphatic heterocycles. The van der Waals surface area contributed by atoms with Crippen molar-refractivity contribution in [1.29, 1.82) is 0 Å². The van der Waals surface area contributed by atoms with Crippen LogP contribution in [0.3, 0.4) is 0 Å². The monoisotopic (exact) mass is 536 g/mol. The second kappa shape index (κ2) is 11.4. The lowest BCUT2D eigenvalue weighted by Gasteiger charge is -2.23. The molecule has 3 aromatic rings. The van der Waals surface area contributed by atoms with Crippen LogP contribution in [0.2, 0.25) is 0 Å². The van der Waals surface area contributed by atoms with Gasteiger partial charge in [-0.1, -0.05) is 12.1 Å². The Hall–Kier alpha value is -3.02. The van der Waals surface area contributed by atoms with Crippen LogP contribution in [0, 0.1) is 0 Å². The molecule has 1 heterocycles. The van der Waals surface area contributed by atoms with Crippen molar-refractivity contribution in [3.63, 3.8) is 0 Å². The molecule has 0 aliphatic carbocycles. The number of hydrogen-bond donors (Lipinski definition) is 2. The van der Waals surface area contributed by atoms with Crippen LogP contribution in [0.1, 0.15) is 31.3 Å². The smallest absolute Gasteiger partial charge is 0.352 e. The van der Waals surface area contributed by atoms with Gasteiger partial charge in [-0.2, -0.15) is 5.10 Å². The SMILES string of the molecule is CCOP(=O)(OCC)C(C)NC(=O)c1cc(-c2cccc(OC)c2)n(-c2ccc(S(N)(=O)=O)cc2)n1. The van der Waals surface area contributed by atoms with Crippen LogP contribution >= 0.6 is 7.60 Å². The Bertz CT molecular complexity index is 1360. The Labute approximate surface area is 210 Å². The first kappa shape index (κ1) is 27.6. The maximum atomic E-state index is 13.1. The molecule has 0 fully saturated rings. The van der Waals surface area contributed by atoms with E-state index in [1.54, 1.807) is 38.1 Å². The lowest BCUT2D eigenvalue weighted by Crippen LogP contribution is -2.34. The van der Waals surface area contributed by atoms with Gasteiger partial charge in [-0.25, -0.2) is 18.2 Å². The highest BCUT2D eigenvalue weighted by Gasteiger charge is 2.34. The second-order valence-electron chi connectivity index (χ2n) is 7.62. The summed E-state index contributed by atoms with van der Waals surface area (Å²) in [6, 6.07) is 14.5. The first-order valence-corrected chi connectivity index (χ1v) is 14.3. The summed E-state index contributed by atoms with van der Waals surface area (Å²) in [5, 5.41) is 12.3. The fraction of sp³-hybridized carbons (Fsp3) is 0.304. The van der Waals surface area contributed by atoms with Gasteiger partial charge in [0.1, 0.15) is 11.5 Å². The number of primary sulfonamides is 1. The number of benzene rings is 2. The molecule has 36 heavy (non-hydrogen) atoms. The molecule has 1 unspecified atom stereocenters. The van der Waals surface area contributed by atoms with Crippen LogP contribution in [-0.2, 0) is 23.6 Å². The third-order valence-electron chi connectivity index (χ3n) is 5.15. The van der Waals surface area contributed by atoms with Gasteiger partial charge in [0, 0.05) is 5.56 Å². The number of nitrogens with one attached hydrogen (secondary N) is 1. The van der Waals surface area contributed by atoms with E-state index in [0.717, 1.165) is 0 Å². The summed E-state index contributed by atoms with van der Waals surface area (Å²) in [4.78, 5) is 13.0. The normalized spacial score (nSPS) is 12.8. The number of sulfonamides is 1. The quantitative estimate of drug-likeness (QED) is 0.353. The first-order valence-electron chi connectivity index (χ1n) is 11.1. The molecule has 1 aromatic heterocycles. The molecular formula is C23H29N4O7PS. The Kier molecular flexibility index (Phi) is 8.70. The minimum Gasteiger partial charge on any atom is -0.497 e. The molecule has 0 radical (unpaired) electrons. The number of nitrogens with zero attached hydrogens (tertiary/aromatic N) is 2. The molecule has 0 bridgehead atoms. The van der Waals surface area contributed by atoms with Gasteiger partial charge in [0.2, 0.25) is 10.0 Å². The number of aromatic nitrogens is 2. The summed E-state index contributed by atoms with van der Waals surface area (Å²) in [6.07, 6.45) is 0. The fourth-order valence-corrected chi connectivity index (χ4v) is 5.45. The van der Waals surface area contributed by atoms with Gasteiger partial charge in [-0.3, -0.25) is 9.36 Å². The highest BCUT2D eigenvalue weighted by atomic mass is 32.2. The van der Waals surface area contributed by atoms with E-state index < -0.39 is 29.3 Å². The number of carbonyl (C=O) groups excluding carboxylic acids is 1. The minimum atomic E-state index is -3.88. The van der Waals surface area contributed by atoms with Crippen molar-refractivity contribution in [2.45, 2.75) is 31.4 Å². The van der Waals surface area contributed by atoms with Gasteiger partial charge >= 0.3 is 7.60 Å². The van der Waals surface area contributed by atoms with Crippen molar-refractivity contribution in [1.82, 2.24) is 15.1 Å². The summed E-state index contributed by atoms with van der Waals surface area (Å²) in [6.45, 7) is 5.21. The summed E-state index contributed by atoms with van der Waals surface area (Å²) in [7, 11) is -5.93. The average Bonchev–Trinajstić information content (AvgIpc) is 3.30. The number of rotatable bonds is 11. The van der Waals surface area contributed by atoms with Gasteiger partial charge in [0.05, 0.1) is 36.6 Å². The van der Waals surface area contributed by atoms with Gasteiger partial charge < -0.3 is 19.1 Å². The summed E-state index contributed by atoms with van der Waals surface area (Å²) in [5.41, 5.74) is 1.75. The predicted octanol–water partition coefficient (Wildman–Crippen LogP) is 3.54. The molecular weight excluding hydrogens is 507 g/mol. The maximum absolute atomic E-state index is 13.1. The van der Waals surface area contributed by atoms with Crippen molar-refractivity contribution >= 4 is 23.5 Å². The zero-order valence-electron chi connectivity index (χ0n) is 20.4. The third kappa shape index (κ3) is 6.21. The highest BCUT2D eigenvalue weighted by Crippen LogP contribution is 2.51. The first-order chi connectivity index (χ1) is 17.0. The van der Waals surface area contributed by atoms with Crippen molar-refractivity contribution in [2.75, 3.05) is 20.3 Å². The number of hydrogen-bond acceptors (Lipinski definition) is 8. The molecule has 194 valence electrons. The van der Waals surface area contributed by atoms with Crippen molar-refractivity contribution in [3.05, 3.63) is 60.3 Å². The van der Waals surface area contributed by atoms with Crippen LogP contribution < -0.4 is 15.2 Å². The van der Waals surface area contributed by atoms with Gasteiger partial charge in [-0.05, 0) is 63.2 Å². The largest absolute Gasteiger partial charge is 0.497 e. The van der Waals surface area contributed by atoms with E-state index in [2.05, 4.69) is 10.4 Å². The highest BCUT2D eigenvalue weighted by molar-refractivity contribution is 7.89. The van der Waals surface area contributed by atoms with Gasteiger partial charge in [-0.15, -0.1) is 0 Å². The molecule has 2 aromatic carbocycles.